The smallest absolute Gasteiger partial charge is 0.0613 e. The molecule has 29 heavy (non-hydrogen) atoms. The third kappa shape index (κ3) is 1.64. The van der Waals surface area contributed by atoms with E-state index in [9.17, 15) is 0 Å². The first kappa shape index (κ1) is 15.5. The molecule has 2 aliphatic rings. The Balaban J connectivity index is 1.80. The number of aryl methyl sites for hydroxylation is 2. The van der Waals surface area contributed by atoms with Crippen LogP contribution in [0.25, 0.3) is 32.7 Å². The molecule has 0 amide bonds. The first-order valence-electron chi connectivity index (χ1n) is 10.4. The summed E-state index contributed by atoms with van der Waals surface area (Å²) in [5.41, 5.74) is 11.0. The van der Waals surface area contributed by atoms with Gasteiger partial charge in [-0.2, -0.15) is 0 Å². The molecule has 0 heteroatoms. The van der Waals surface area contributed by atoms with Gasteiger partial charge in [-0.25, -0.2) is 0 Å². The zero-order valence-electron chi connectivity index (χ0n) is 16.6. The number of benzene rings is 5. The number of hydrogen-bond acceptors (Lipinski definition) is 0. The molecule has 0 aromatic heterocycles. The van der Waals surface area contributed by atoms with Crippen molar-refractivity contribution in [3.8, 4) is 11.1 Å². The van der Waals surface area contributed by atoms with Crippen LogP contribution in [0.3, 0.4) is 0 Å². The molecule has 0 N–H and O–H groups in total. The molecule has 0 radical (unpaired) electrons. The fourth-order valence-corrected chi connectivity index (χ4v) is 6.06. The molecule has 0 unspecified atom stereocenters. The maximum absolute atomic E-state index is 2.42. The van der Waals surface area contributed by atoms with E-state index in [0.29, 0.717) is 0 Å². The van der Waals surface area contributed by atoms with Crippen LogP contribution in [0.15, 0.2) is 84.9 Å². The van der Waals surface area contributed by atoms with E-state index in [1.807, 2.05) is 0 Å². The molecule has 0 bridgehead atoms. The molecule has 0 nitrogen and oxygen atoms in total. The zero-order valence-corrected chi connectivity index (χ0v) is 16.6. The zero-order chi connectivity index (χ0) is 19.3. The van der Waals surface area contributed by atoms with E-state index in [-0.39, 0.29) is 5.41 Å². The predicted octanol–water partition coefficient (Wildman–Crippen LogP) is 7.29. The maximum atomic E-state index is 2.42. The van der Waals surface area contributed by atoms with Gasteiger partial charge in [-0.15, -0.1) is 0 Å². The topological polar surface area (TPSA) is 0 Å². The lowest BCUT2D eigenvalue weighted by Gasteiger charge is -2.31. The summed E-state index contributed by atoms with van der Waals surface area (Å²) in [5, 5.41) is 5.55. The van der Waals surface area contributed by atoms with E-state index in [1.54, 1.807) is 0 Å². The lowest BCUT2D eigenvalue weighted by Crippen LogP contribution is -2.26. The molecular formula is C29H20. The summed E-state index contributed by atoms with van der Waals surface area (Å²) in [5.74, 6) is 0. The molecule has 0 atom stereocenters. The first-order valence-corrected chi connectivity index (χ1v) is 10.4. The van der Waals surface area contributed by atoms with Gasteiger partial charge >= 0.3 is 0 Å². The molecule has 0 fully saturated rings. The van der Waals surface area contributed by atoms with Gasteiger partial charge in [-0.1, -0.05) is 96.1 Å². The van der Waals surface area contributed by atoms with Crippen LogP contribution in [0.1, 0.15) is 33.4 Å². The molecule has 0 saturated carbocycles. The van der Waals surface area contributed by atoms with Crippen molar-refractivity contribution in [2.75, 3.05) is 0 Å². The van der Waals surface area contributed by atoms with E-state index in [4.69, 9.17) is 0 Å². The van der Waals surface area contributed by atoms with Gasteiger partial charge in [0.05, 0.1) is 5.41 Å². The van der Waals surface area contributed by atoms with Gasteiger partial charge in [0.1, 0.15) is 0 Å². The van der Waals surface area contributed by atoms with Gasteiger partial charge in [0.15, 0.2) is 0 Å². The van der Waals surface area contributed by atoms with E-state index < -0.39 is 0 Å². The summed E-state index contributed by atoms with van der Waals surface area (Å²) in [6.45, 7) is 4.43. The van der Waals surface area contributed by atoms with Crippen LogP contribution < -0.4 is 0 Å². The Morgan fingerprint density at radius 2 is 0.966 bits per heavy atom. The number of hydrogen-bond donors (Lipinski definition) is 0. The summed E-state index contributed by atoms with van der Waals surface area (Å²) >= 11 is 0. The van der Waals surface area contributed by atoms with Crippen molar-refractivity contribution in [3.63, 3.8) is 0 Å². The van der Waals surface area contributed by atoms with E-state index in [1.165, 1.54) is 66.1 Å². The van der Waals surface area contributed by atoms with Crippen molar-refractivity contribution in [1.29, 1.82) is 0 Å². The van der Waals surface area contributed by atoms with Gasteiger partial charge in [0.2, 0.25) is 0 Å². The van der Waals surface area contributed by atoms with Crippen molar-refractivity contribution in [2.24, 2.45) is 0 Å². The van der Waals surface area contributed by atoms with Crippen molar-refractivity contribution in [3.05, 3.63) is 118 Å². The highest BCUT2D eigenvalue weighted by atomic mass is 14.5. The van der Waals surface area contributed by atoms with Crippen molar-refractivity contribution >= 4 is 21.5 Å². The van der Waals surface area contributed by atoms with Crippen molar-refractivity contribution in [2.45, 2.75) is 19.3 Å². The molecule has 0 heterocycles. The Morgan fingerprint density at radius 3 is 1.45 bits per heavy atom. The fourth-order valence-electron chi connectivity index (χ4n) is 6.06. The highest BCUT2D eigenvalue weighted by molar-refractivity contribution is 6.17. The molecule has 2 aliphatic carbocycles. The molecule has 1 spiro atoms. The third-order valence-electron chi connectivity index (χ3n) is 7.14. The second-order valence-corrected chi connectivity index (χ2v) is 8.72. The Labute approximate surface area is 170 Å². The van der Waals surface area contributed by atoms with Gasteiger partial charge in [-0.05, 0) is 68.8 Å². The van der Waals surface area contributed by atoms with Crippen LogP contribution in [0.4, 0.5) is 0 Å². The third-order valence-corrected chi connectivity index (χ3v) is 7.14. The summed E-state index contributed by atoms with van der Waals surface area (Å²) in [7, 11) is 0. The molecule has 7 rings (SSSR count). The molecule has 0 saturated heterocycles. The molecular weight excluding hydrogens is 348 g/mol. The minimum Gasteiger partial charge on any atom is -0.0613 e. The molecule has 5 aromatic rings. The highest BCUT2D eigenvalue weighted by Crippen LogP contribution is 2.62. The monoisotopic (exact) mass is 368 g/mol. The summed E-state index contributed by atoms with van der Waals surface area (Å²) in [6, 6.07) is 32.3. The van der Waals surface area contributed by atoms with Gasteiger partial charge in [0, 0.05) is 0 Å². The van der Waals surface area contributed by atoms with Crippen LogP contribution in [-0.2, 0) is 5.41 Å². The van der Waals surface area contributed by atoms with E-state index in [0.717, 1.165) is 0 Å². The fraction of sp³-hybridized carbons (Fsp3) is 0.103. The first-order chi connectivity index (χ1) is 14.2. The number of fused-ring (bicyclic) bond motifs is 7. The van der Waals surface area contributed by atoms with Crippen molar-refractivity contribution < 1.29 is 0 Å². The highest BCUT2D eigenvalue weighted by Gasteiger charge is 2.50. The second-order valence-electron chi connectivity index (χ2n) is 8.72. The molecule has 0 aliphatic heterocycles. The van der Waals surface area contributed by atoms with Gasteiger partial charge in [0.25, 0.3) is 0 Å². The van der Waals surface area contributed by atoms with Crippen molar-refractivity contribution in [1.82, 2.24) is 0 Å². The lowest BCUT2D eigenvalue weighted by atomic mass is 9.70. The predicted molar refractivity (Wildman–Crippen MR) is 122 cm³/mol. The van der Waals surface area contributed by atoms with Gasteiger partial charge in [-0.3, -0.25) is 0 Å². The lowest BCUT2D eigenvalue weighted by molar-refractivity contribution is 0.795. The summed E-state index contributed by atoms with van der Waals surface area (Å²) in [6.07, 6.45) is 0. The average molecular weight is 368 g/mol. The second kappa shape index (κ2) is 4.96. The van der Waals surface area contributed by atoms with Crippen LogP contribution in [0.5, 0.6) is 0 Å². The SMILES string of the molecule is Cc1ccc2c(c1)C1(c3cc(C)ccc3-2)c2cccc3ccc4cccc1c4c23. The van der Waals surface area contributed by atoms with Crippen LogP contribution >= 0.6 is 0 Å². The Kier molecular flexibility index (Phi) is 2.66. The van der Waals surface area contributed by atoms with Crippen LogP contribution in [-0.4, -0.2) is 0 Å². The Bertz CT molecular complexity index is 1400. The largest absolute Gasteiger partial charge is 0.0726 e. The molecule has 5 aromatic carbocycles. The maximum Gasteiger partial charge on any atom is 0.0726 e. The Hall–Kier alpha value is -3.38. The minimum atomic E-state index is -0.217. The van der Waals surface area contributed by atoms with Crippen LogP contribution in [0, 0.1) is 13.8 Å². The average Bonchev–Trinajstić information content (AvgIpc) is 3.19. The van der Waals surface area contributed by atoms with Gasteiger partial charge < -0.3 is 0 Å². The minimum absolute atomic E-state index is 0.217. The normalized spacial score (nSPS) is 14.8. The summed E-state index contributed by atoms with van der Waals surface area (Å²) < 4.78 is 0. The standard InChI is InChI=1S/C29H20/c1-17-9-13-21-22-14-10-18(2)16-26(22)29(25(21)15-17)23-7-3-5-19-11-12-20-6-4-8-24(29)28(20)27(19)23/h3-16H,1-2H3. The Morgan fingerprint density at radius 1 is 0.483 bits per heavy atom. The quantitative estimate of drug-likeness (QED) is 0.247. The summed E-state index contributed by atoms with van der Waals surface area (Å²) in [4.78, 5) is 0. The van der Waals surface area contributed by atoms with E-state index >= 15 is 0 Å². The van der Waals surface area contributed by atoms with E-state index in [2.05, 4.69) is 98.8 Å². The molecule has 136 valence electrons. The van der Waals surface area contributed by atoms with Crippen LogP contribution in [0.2, 0.25) is 0 Å². The number of rotatable bonds is 0.